The van der Waals surface area contributed by atoms with E-state index in [2.05, 4.69) is 10.1 Å². The SMILES string of the molecule is CNC(=O)Oc1ccc(C[C@H](N)C(=O)OC)cc1OCc1ccccc1. The average Bonchev–Trinajstić information content (AvgIpc) is 2.67. The molecule has 2 aromatic rings. The van der Waals surface area contributed by atoms with Crippen LogP contribution in [-0.4, -0.2) is 32.3 Å². The van der Waals surface area contributed by atoms with Crippen LogP contribution in [0.15, 0.2) is 48.5 Å². The number of hydrogen-bond acceptors (Lipinski definition) is 6. The van der Waals surface area contributed by atoms with Crippen LogP contribution < -0.4 is 20.5 Å². The standard InChI is InChI=1S/C19H22N2O5/c1-21-19(23)26-16-9-8-14(10-15(20)18(22)24-2)11-17(16)25-12-13-6-4-3-5-7-13/h3-9,11,15H,10,12,20H2,1-2H3,(H,21,23)/t15-/m0/s1. The fourth-order valence-electron chi connectivity index (χ4n) is 2.25. The Hall–Kier alpha value is -3.06. The first-order valence-electron chi connectivity index (χ1n) is 8.06. The molecule has 0 bridgehead atoms. The maximum absolute atomic E-state index is 11.5. The summed E-state index contributed by atoms with van der Waals surface area (Å²) in [7, 11) is 2.76. The van der Waals surface area contributed by atoms with E-state index in [0.29, 0.717) is 12.4 Å². The predicted octanol–water partition coefficient (Wildman–Crippen LogP) is 2.03. The number of esters is 1. The molecule has 0 aromatic heterocycles. The fourth-order valence-corrected chi connectivity index (χ4v) is 2.25. The molecule has 0 radical (unpaired) electrons. The summed E-state index contributed by atoms with van der Waals surface area (Å²) >= 11 is 0. The molecule has 1 atom stereocenters. The van der Waals surface area contributed by atoms with Crippen molar-refractivity contribution in [3.63, 3.8) is 0 Å². The van der Waals surface area contributed by atoms with E-state index in [0.717, 1.165) is 11.1 Å². The summed E-state index contributed by atoms with van der Waals surface area (Å²) in [6.07, 6.45) is -0.331. The van der Waals surface area contributed by atoms with Gasteiger partial charge in [0.05, 0.1) is 7.11 Å². The largest absolute Gasteiger partial charge is 0.485 e. The molecule has 2 aromatic carbocycles. The Balaban J connectivity index is 2.19. The molecule has 3 N–H and O–H groups in total. The number of ether oxygens (including phenoxy) is 3. The van der Waals surface area contributed by atoms with Crippen LogP contribution >= 0.6 is 0 Å². The lowest BCUT2D eigenvalue weighted by Gasteiger charge is -2.14. The van der Waals surface area contributed by atoms with Crippen molar-refractivity contribution < 1.29 is 23.8 Å². The number of nitrogens with one attached hydrogen (secondary N) is 1. The smallest absolute Gasteiger partial charge is 0.412 e. The molecule has 7 nitrogen and oxygen atoms in total. The van der Waals surface area contributed by atoms with Gasteiger partial charge in [-0.1, -0.05) is 36.4 Å². The highest BCUT2D eigenvalue weighted by Gasteiger charge is 2.17. The number of benzene rings is 2. The molecule has 26 heavy (non-hydrogen) atoms. The monoisotopic (exact) mass is 358 g/mol. The molecule has 0 spiro atoms. The topological polar surface area (TPSA) is 99.9 Å². The number of methoxy groups -OCH3 is 1. The highest BCUT2D eigenvalue weighted by atomic mass is 16.6. The summed E-state index contributed by atoms with van der Waals surface area (Å²) in [4.78, 5) is 23.0. The molecule has 0 aliphatic heterocycles. The summed E-state index contributed by atoms with van der Waals surface area (Å²) in [5, 5.41) is 2.39. The number of nitrogens with two attached hydrogens (primary N) is 1. The van der Waals surface area contributed by atoms with Crippen LogP contribution in [-0.2, 0) is 22.6 Å². The van der Waals surface area contributed by atoms with Gasteiger partial charge >= 0.3 is 12.1 Å². The molecule has 0 heterocycles. The van der Waals surface area contributed by atoms with Gasteiger partial charge < -0.3 is 25.3 Å². The van der Waals surface area contributed by atoms with E-state index in [1.165, 1.54) is 14.2 Å². The zero-order chi connectivity index (χ0) is 18.9. The third-order valence-electron chi connectivity index (χ3n) is 3.61. The van der Waals surface area contributed by atoms with Gasteiger partial charge in [0.1, 0.15) is 12.6 Å². The first-order valence-corrected chi connectivity index (χ1v) is 8.06. The third kappa shape index (κ3) is 5.49. The molecule has 0 fully saturated rings. The first-order chi connectivity index (χ1) is 12.5. The lowest BCUT2D eigenvalue weighted by molar-refractivity contribution is -0.142. The minimum Gasteiger partial charge on any atom is -0.485 e. The Morgan fingerprint density at radius 3 is 2.46 bits per heavy atom. The van der Waals surface area contributed by atoms with Gasteiger partial charge in [0, 0.05) is 7.05 Å². The van der Waals surface area contributed by atoms with Crippen molar-refractivity contribution in [2.75, 3.05) is 14.2 Å². The number of rotatable bonds is 7. The summed E-state index contributed by atoms with van der Waals surface area (Å²) in [6, 6.07) is 13.8. The van der Waals surface area contributed by atoms with E-state index in [4.69, 9.17) is 15.2 Å². The number of amides is 1. The van der Waals surface area contributed by atoms with Gasteiger partial charge in [-0.05, 0) is 29.7 Å². The molecule has 0 saturated heterocycles. The maximum atomic E-state index is 11.5. The second-order valence-electron chi connectivity index (χ2n) is 5.53. The van der Waals surface area contributed by atoms with Gasteiger partial charge in [-0.3, -0.25) is 4.79 Å². The molecule has 0 aliphatic carbocycles. The summed E-state index contributed by atoms with van der Waals surface area (Å²) in [5.74, 6) is 0.158. The Morgan fingerprint density at radius 1 is 1.08 bits per heavy atom. The lowest BCUT2D eigenvalue weighted by Crippen LogP contribution is -2.33. The Kier molecular flexibility index (Phi) is 6.99. The van der Waals surface area contributed by atoms with Gasteiger partial charge in [-0.25, -0.2) is 4.79 Å². The van der Waals surface area contributed by atoms with Gasteiger partial charge in [0.25, 0.3) is 0 Å². The van der Waals surface area contributed by atoms with Crippen molar-refractivity contribution in [2.24, 2.45) is 5.73 Å². The lowest BCUT2D eigenvalue weighted by atomic mass is 10.1. The van der Waals surface area contributed by atoms with Gasteiger partial charge in [-0.2, -0.15) is 0 Å². The van der Waals surface area contributed by atoms with Crippen molar-refractivity contribution in [2.45, 2.75) is 19.1 Å². The van der Waals surface area contributed by atoms with Crippen LogP contribution in [0.5, 0.6) is 11.5 Å². The maximum Gasteiger partial charge on any atom is 0.412 e. The van der Waals surface area contributed by atoms with Gasteiger partial charge in [0.15, 0.2) is 11.5 Å². The minimum atomic E-state index is -0.785. The summed E-state index contributed by atoms with van der Waals surface area (Å²) < 4.78 is 15.7. The fraction of sp³-hybridized carbons (Fsp3) is 0.263. The van der Waals surface area contributed by atoms with Crippen molar-refractivity contribution >= 4 is 12.1 Å². The number of hydrogen-bond donors (Lipinski definition) is 2. The van der Waals surface area contributed by atoms with Crippen molar-refractivity contribution in [3.8, 4) is 11.5 Å². The predicted molar refractivity (Wildman–Crippen MR) is 96.0 cm³/mol. The van der Waals surface area contributed by atoms with Crippen LogP contribution in [0.2, 0.25) is 0 Å². The molecule has 0 aliphatic rings. The van der Waals surface area contributed by atoms with E-state index in [9.17, 15) is 9.59 Å². The number of carbonyl (C=O) groups is 2. The molecule has 1 amide bonds. The van der Waals surface area contributed by atoms with E-state index in [1.807, 2.05) is 30.3 Å². The first kappa shape index (κ1) is 19.3. The van der Waals surface area contributed by atoms with E-state index in [-0.39, 0.29) is 12.2 Å². The molecule has 0 saturated carbocycles. The van der Waals surface area contributed by atoms with Crippen molar-refractivity contribution in [1.29, 1.82) is 0 Å². The van der Waals surface area contributed by atoms with Gasteiger partial charge in [-0.15, -0.1) is 0 Å². The van der Waals surface area contributed by atoms with Crippen LogP contribution in [0.25, 0.3) is 0 Å². The normalized spacial score (nSPS) is 11.3. The second-order valence-corrected chi connectivity index (χ2v) is 5.53. The zero-order valence-corrected chi connectivity index (χ0v) is 14.7. The van der Waals surface area contributed by atoms with E-state index in [1.54, 1.807) is 18.2 Å². The Bertz CT molecular complexity index is 749. The van der Waals surface area contributed by atoms with Crippen molar-refractivity contribution in [3.05, 3.63) is 59.7 Å². The summed E-state index contributed by atoms with van der Waals surface area (Å²) in [5.41, 5.74) is 7.53. The minimum absolute atomic E-state index is 0.272. The molecule has 0 unspecified atom stereocenters. The molecule has 138 valence electrons. The van der Waals surface area contributed by atoms with Gasteiger partial charge in [0.2, 0.25) is 0 Å². The van der Waals surface area contributed by atoms with Crippen LogP contribution in [0.1, 0.15) is 11.1 Å². The molecular weight excluding hydrogens is 336 g/mol. The number of carbonyl (C=O) groups excluding carboxylic acids is 2. The highest BCUT2D eigenvalue weighted by Crippen LogP contribution is 2.30. The van der Waals surface area contributed by atoms with E-state index < -0.39 is 18.1 Å². The third-order valence-corrected chi connectivity index (χ3v) is 3.61. The summed E-state index contributed by atoms with van der Waals surface area (Å²) in [6.45, 7) is 0.303. The average molecular weight is 358 g/mol. The van der Waals surface area contributed by atoms with Crippen LogP contribution in [0, 0.1) is 0 Å². The Labute approximate surface area is 152 Å². The van der Waals surface area contributed by atoms with Crippen molar-refractivity contribution in [1.82, 2.24) is 5.32 Å². The molecule has 2 rings (SSSR count). The molecule has 7 heteroatoms. The quantitative estimate of drug-likeness (QED) is 0.735. The van der Waals surface area contributed by atoms with Crippen LogP contribution in [0.4, 0.5) is 4.79 Å². The zero-order valence-electron chi connectivity index (χ0n) is 14.7. The second kappa shape index (κ2) is 9.43. The highest BCUT2D eigenvalue weighted by molar-refractivity contribution is 5.76. The molecular formula is C19H22N2O5. The van der Waals surface area contributed by atoms with Crippen LogP contribution in [0.3, 0.4) is 0 Å². The van der Waals surface area contributed by atoms with E-state index >= 15 is 0 Å². The Morgan fingerprint density at radius 2 is 1.81 bits per heavy atom.